The summed E-state index contributed by atoms with van der Waals surface area (Å²) in [5.41, 5.74) is 1.89. The molecule has 1 N–H and O–H groups in total. The van der Waals surface area contributed by atoms with E-state index in [0.29, 0.717) is 21.7 Å². The minimum absolute atomic E-state index is 0.150. The van der Waals surface area contributed by atoms with Crippen molar-refractivity contribution in [3.05, 3.63) is 64.3 Å². The summed E-state index contributed by atoms with van der Waals surface area (Å²) < 4.78 is 10.4. The number of aryl methyl sites for hydroxylation is 1. The summed E-state index contributed by atoms with van der Waals surface area (Å²) in [5, 5.41) is 7.68. The highest BCUT2D eigenvalue weighted by atomic mass is 35.5. The van der Waals surface area contributed by atoms with Crippen LogP contribution in [0, 0.1) is 6.92 Å². The number of halogens is 1. The van der Waals surface area contributed by atoms with Gasteiger partial charge in [0.05, 0.1) is 12.0 Å². The lowest BCUT2D eigenvalue weighted by atomic mass is 10.1. The van der Waals surface area contributed by atoms with Crippen molar-refractivity contribution in [1.82, 2.24) is 10.1 Å². The molecule has 0 saturated carbocycles. The van der Waals surface area contributed by atoms with E-state index in [0.717, 1.165) is 16.1 Å². The Morgan fingerprint density at radius 2 is 2.00 bits per heavy atom. The van der Waals surface area contributed by atoms with Gasteiger partial charge in [-0.15, -0.1) is 11.3 Å². The molecular formula is C18H12ClN3O3S. The second-order valence-electron chi connectivity index (χ2n) is 5.44. The maximum Gasteiger partial charge on any atom is 0.279 e. The molecule has 0 spiro atoms. The first-order chi connectivity index (χ1) is 12.6. The van der Waals surface area contributed by atoms with E-state index in [1.54, 1.807) is 24.3 Å². The summed E-state index contributed by atoms with van der Waals surface area (Å²) >= 11 is 7.31. The van der Waals surface area contributed by atoms with E-state index in [1.807, 2.05) is 19.1 Å². The number of nitrogens with zero attached hydrogens (tertiary/aromatic N) is 2. The number of amides is 1. The predicted molar refractivity (Wildman–Crippen MR) is 99.5 cm³/mol. The van der Waals surface area contributed by atoms with E-state index in [4.69, 9.17) is 20.5 Å². The average Bonchev–Trinajstić information content (AvgIpc) is 3.35. The lowest BCUT2D eigenvalue weighted by Crippen LogP contribution is -2.11. The maximum atomic E-state index is 12.4. The van der Waals surface area contributed by atoms with Gasteiger partial charge < -0.3 is 8.94 Å². The molecule has 4 rings (SSSR count). The molecule has 0 atom stereocenters. The molecular weight excluding hydrogens is 374 g/mol. The van der Waals surface area contributed by atoms with Gasteiger partial charge in [-0.2, -0.15) is 0 Å². The minimum atomic E-state index is -0.400. The van der Waals surface area contributed by atoms with Crippen LogP contribution in [-0.4, -0.2) is 16.0 Å². The standard InChI is InChI=1S/C18H12ClN3O3S/c1-10-16(11-4-6-12(19)7-5-11)20-18(26-10)21-17(23)13-9-15(25-22-13)14-3-2-8-24-14/h2-9H,1H3,(H,20,21,23). The van der Waals surface area contributed by atoms with Gasteiger partial charge in [0.15, 0.2) is 16.6 Å². The largest absolute Gasteiger partial charge is 0.461 e. The van der Waals surface area contributed by atoms with Crippen LogP contribution in [-0.2, 0) is 0 Å². The second kappa shape index (κ2) is 6.78. The number of rotatable bonds is 4. The van der Waals surface area contributed by atoms with Gasteiger partial charge in [-0.3, -0.25) is 10.1 Å². The average molecular weight is 386 g/mol. The van der Waals surface area contributed by atoms with Crippen molar-refractivity contribution in [2.45, 2.75) is 6.92 Å². The molecule has 0 saturated heterocycles. The monoisotopic (exact) mass is 385 g/mol. The Kier molecular flexibility index (Phi) is 4.32. The molecule has 0 radical (unpaired) electrons. The molecule has 130 valence electrons. The predicted octanol–water partition coefficient (Wildman–Crippen LogP) is 5.27. The third kappa shape index (κ3) is 3.26. The van der Waals surface area contributed by atoms with Gasteiger partial charge in [0.25, 0.3) is 5.91 Å². The van der Waals surface area contributed by atoms with Gasteiger partial charge in [-0.25, -0.2) is 4.98 Å². The number of carbonyl (C=O) groups excluding carboxylic acids is 1. The summed E-state index contributed by atoms with van der Waals surface area (Å²) in [6.07, 6.45) is 1.52. The maximum absolute atomic E-state index is 12.4. The molecule has 1 aromatic carbocycles. The number of hydrogen-bond acceptors (Lipinski definition) is 6. The molecule has 3 aromatic heterocycles. The van der Waals surface area contributed by atoms with Crippen molar-refractivity contribution in [1.29, 1.82) is 0 Å². The van der Waals surface area contributed by atoms with Gasteiger partial charge in [0.2, 0.25) is 5.76 Å². The van der Waals surface area contributed by atoms with Crippen LogP contribution in [0.2, 0.25) is 5.02 Å². The number of nitrogens with one attached hydrogen (secondary N) is 1. The lowest BCUT2D eigenvalue weighted by Gasteiger charge is -1.98. The third-order valence-corrected chi connectivity index (χ3v) is 4.78. The van der Waals surface area contributed by atoms with Crippen LogP contribution in [0.5, 0.6) is 0 Å². The zero-order valence-electron chi connectivity index (χ0n) is 13.5. The Balaban J connectivity index is 1.53. The van der Waals surface area contributed by atoms with Crippen molar-refractivity contribution >= 4 is 34.0 Å². The minimum Gasteiger partial charge on any atom is -0.461 e. The molecule has 26 heavy (non-hydrogen) atoms. The number of aromatic nitrogens is 2. The smallest absolute Gasteiger partial charge is 0.279 e. The lowest BCUT2D eigenvalue weighted by molar-refractivity contribution is 0.101. The molecule has 6 nitrogen and oxygen atoms in total. The molecule has 0 aliphatic heterocycles. The fraction of sp³-hybridized carbons (Fsp3) is 0.0556. The van der Waals surface area contributed by atoms with Crippen molar-refractivity contribution in [2.24, 2.45) is 0 Å². The molecule has 0 aliphatic rings. The Bertz CT molecular complexity index is 1050. The van der Waals surface area contributed by atoms with Gasteiger partial charge in [0.1, 0.15) is 0 Å². The quantitative estimate of drug-likeness (QED) is 0.517. The van der Waals surface area contributed by atoms with Crippen LogP contribution in [0.15, 0.2) is 57.7 Å². The summed E-state index contributed by atoms with van der Waals surface area (Å²) in [4.78, 5) is 17.9. The van der Waals surface area contributed by atoms with Gasteiger partial charge >= 0.3 is 0 Å². The van der Waals surface area contributed by atoms with Gasteiger partial charge in [0, 0.05) is 21.5 Å². The molecule has 1 amide bonds. The zero-order valence-corrected chi connectivity index (χ0v) is 15.1. The van der Waals surface area contributed by atoms with Gasteiger partial charge in [-0.1, -0.05) is 28.9 Å². The van der Waals surface area contributed by atoms with Crippen LogP contribution >= 0.6 is 22.9 Å². The second-order valence-corrected chi connectivity index (χ2v) is 7.08. The highest BCUT2D eigenvalue weighted by Gasteiger charge is 2.18. The molecule has 4 aromatic rings. The Morgan fingerprint density at radius 1 is 1.19 bits per heavy atom. The summed E-state index contributed by atoms with van der Waals surface area (Å²) in [5.74, 6) is 0.493. The Morgan fingerprint density at radius 3 is 2.73 bits per heavy atom. The van der Waals surface area contributed by atoms with Crippen LogP contribution in [0.4, 0.5) is 5.13 Å². The first-order valence-electron chi connectivity index (χ1n) is 7.65. The summed E-state index contributed by atoms with van der Waals surface area (Å²) in [7, 11) is 0. The molecule has 8 heteroatoms. The van der Waals surface area contributed by atoms with Crippen molar-refractivity contribution < 1.29 is 13.7 Å². The van der Waals surface area contributed by atoms with E-state index >= 15 is 0 Å². The summed E-state index contributed by atoms with van der Waals surface area (Å²) in [6.45, 7) is 1.95. The first kappa shape index (κ1) is 16.6. The molecule has 0 bridgehead atoms. The third-order valence-electron chi connectivity index (χ3n) is 3.64. The fourth-order valence-corrected chi connectivity index (χ4v) is 3.36. The fourth-order valence-electron chi connectivity index (χ4n) is 2.40. The van der Waals surface area contributed by atoms with Crippen LogP contribution < -0.4 is 5.32 Å². The normalized spacial score (nSPS) is 10.8. The van der Waals surface area contributed by atoms with E-state index in [9.17, 15) is 4.79 Å². The SMILES string of the molecule is Cc1sc(NC(=O)c2cc(-c3ccco3)on2)nc1-c1ccc(Cl)cc1. The summed E-state index contributed by atoms with van der Waals surface area (Å²) in [6, 6.07) is 12.4. The highest BCUT2D eigenvalue weighted by molar-refractivity contribution is 7.16. The van der Waals surface area contributed by atoms with Crippen LogP contribution in [0.25, 0.3) is 22.8 Å². The van der Waals surface area contributed by atoms with E-state index in [-0.39, 0.29) is 5.69 Å². The number of benzene rings is 1. The topological polar surface area (TPSA) is 81.2 Å². The molecule has 0 unspecified atom stereocenters. The first-order valence-corrected chi connectivity index (χ1v) is 8.85. The van der Waals surface area contributed by atoms with Crippen LogP contribution in [0.1, 0.15) is 15.4 Å². The Hall–Kier alpha value is -2.90. The van der Waals surface area contributed by atoms with E-state index in [2.05, 4.69) is 15.5 Å². The molecule has 3 heterocycles. The van der Waals surface area contributed by atoms with Crippen molar-refractivity contribution in [3.8, 4) is 22.8 Å². The Labute approximate surface area is 157 Å². The highest BCUT2D eigenvalue weighted by Crippen LogP contribution is 2.31. The number of anilines is 1. The molecule has 0 fully saturated rings. The number of thiazole rings is 1. The van der Waals surface area contributed by atoms with E-state index < -0.39 is 5.91 Å². The number of furan rings is 1. The van der Waals surface area contributed by atoms with Crippen molar-refractivity contribution in [3.63, 3.8) is 0 Å². The number of carbonyl (C=O) groups is 1. The van der Waals surface area contributed by atoms with E-state index in [1.165, 1.54) is 23.7 Å². The number of hydrogen-bond donors (Lipinski definition) is 1. The van der Waals surface area contributed by atoms with Crippen molar-refractivity contribution in [2.75, 3.05) is 5.32 Å². The zero-order chi connectivity index (χ0) is 18.1. The van der Waals surface area contributed by atoms with Gasteiger partial charge in [-0.05, 0) is 31.2 Å². The van der Waals surface area contributed by atoms with Crippen LogP contribution in [0.3, 0.4) is 0 Å². The molecule has 0 aliphatic carbocycles.